The van der Waals surface area contributed by atoms with E-state index in [0.29, 0.717) is 25.2 Å². The first kappa shape index (κ1) is 15.7. The number of piperazine rings is 1. The molecule has 0 bridgehead atoms. The minimum absolute atomic E-state index is 0.0659. The lowest BCUT2D eigenvalue weighted by atomic mass is 10.2. The van der Waals surface area contributed by atoms with Crippen LogP contribution in [0.2, 0.25) is 0 Å². The molecule has 0 saturated carbocycles. The predicted octanol–water partition coefficient (Wildman–Crippen LogP) is 1.69. The molecule has 1 aromatic rings. The van der Waals surface area contributed by atoms with Crippen LogP contribution in [0.4, 0.5) is 23.2 Å². The first-order valence-corrected chi connectivity index (χ1v) is 6.46. The molecule has 21 heavy (non-hydrogen) atoms. The lowest BCUT2D eigenvalue weighted by Crippen LogP contribution is -2.46. The molecule has 8 heteroatoms. The number of benzene rings is 1. The van der Waals surface area contributed by atoms with Crippen LogP contribution in [0.3, 0.4) is 0 Å². The maximum atomic E-state index is 13.1. The summed E-state index contributed by atoms with van der Waals surface area (Å²) < 4.78 is 50.8. The second kappa shape index (κ2) is 6.40. The number of rotatable bonds is 3. The Bertz CT molecular complexity index is 513. The second-order valence-corrected chi connectivity index (χ2v) is 4.77. The molecule has 1 saturated heterocycles. The van der Waals surface area contributed by atoms with Crippen LogP contribution >= 0.6 is 0 Å². The lowest BCUT2D eigenvalue weighted by molar-refractivity contribution is -0.140. The molecule has 0 spiro atoms. The van der Waals surface area contributed by atoms with Gasteiger partial charge < -0.3 is 10.6 Å². The van der Waals surface area contributed by atoms with E-state index >= 15 is 0 Å². The van der Waals surface area contributed by atoms with Gasteiger partial charge in [-0.2, -0.15) is 13.2 Å². The Labute approximate surface area is 119 Å². The third-order valence-electron chi connectivity index (χ3n) is 3.13. The monoisotopic (exact) mass is 305 g/mol. The number of hydrogen-bond acceptors (Lipinski definition) is 3. The molecule has 1 aromatic carbocycles. The molecule has 116 valence electrons. The highest BCUT2D eigenvalue weighted by Gasteiger charge is 2.34. The molecular formula is C13H15F4N3O. The van der Waals surface area contributed by atoms with Crippen LogP contribution in [-0.4, -0.2) is 43.5 Å². The van der Waals surface area contributed by atoms with Gasteiger partial charge in [0.1, 0.15) is 5.82 Å². The molecule has 2 rings (SSSR count). The highest BCUT2D eigenvalue weighted by molar-refractivity contribution is 5.92. The van der Waals surface area contributed by atoms with E-state index in [0.717, 1.165) is 19.2 Å². The number of hydrogen-bond donors (Lipinski definition) is 2. The van der Waals surface area contributed by atoms with Crippen LogP contribution in [-0.2, 0) is 11.0 Å². The smallest absolute Gasteiger partial charge is 0.325 e. The van der Waals surface area contributed by atoms with Crippen molar-refractivity contribution in [3.63, 3.8) is 0 Å². The molecule has 2 N–H and O–H groups in total. The van der Waals surface area contributed by atoms with Gasteiger partial charge in [0.25, 0.3) is 0 Å². The quantitative estimate of drug-likeness (QED) is 0.835. The van der Waals surface area contributed by atoms with Crippen LogP contribution < -0.4 is 10.6 Å². The largest absolute Gasteiger partial charge is 0.419 e. The van der Waals surface area contributed by atoms with Crippen molar-refractivity contribution in [2.24, 2.45) is 0 Å². The number of nitrogens with zero attached hydrogens (tertiary/aromatic N) is 1. The van der Waals surface area contributed by atoms with Gasteiger partial charge in [-0.1, -0.05) is 0 Å². The number of amides is 1. The predicted molar refractivity (Wildman–Crippen MR) is 69.3 cm³/mol. The molecule has 4 nitrogen and oxygen atoms in total. The summed E-state index contributed by atoms with van der Waals surface area (Å²) in [5.41, 5.74) is -1.45. The Balaban J connectivity index is 2.00. The van der Waals surface area contributed by atoms with E-state index < -0.39 is 23.5 Å². The van der Waals surface area contributed by atoms with Gasteiger partial charge in [0, 0.05) is 31.9 Å². The number of alkyl halides is 3. The molecule has 0 atom stereocenters. The normalized spacial score (nSPS) is 16.8. The highest BCUT2D eigenvalue weighted by atomic mass is 19.4. The zero-order chi connectivity index (χ0) is 15.5. The Morgan fingerprint density at radius 1 is 1.29 bits per heavy atom. The molecule has 0 radical (unpaired) electrons. The summed E-state index contributed by atoms with van der Waals surface area (Å²) in [6, 6.07) is 2.41. The molecule has 1 aliphatic heterocycles. The average molecular weight is 305 g/mol. The third kappa shape index (κ3) is 4.40. The summed E-state index contributed by atoms with van der Waals surface area (Å²) in [4.78, 5) is 13.7. The van der Waals surface area contributed by atoms with Crippen molar-refractivity contribution in [2.75, 3.05) is 38.0 Å². The van der Waals surface area contributed by atoms with Gasteiger partial charge in [-0.05, 0) is 18.2 Å². The fraction of sp³-hybridized carbons (Fsp3) is 0.462. The van der Waals surface area contributed by atoms with E-state index in [4.69, 9.17) is 0 Å². The first-order valence-electron chi connectivity index (χ1n) is 6.46. The first-order chi connectivity index (χ1) is 9.86. The molecule has 1 heterocycles. The summed E-state index contributed by atoms with van der Waals surface area (Å²) >= 11 is 0. The van der Waals surface area contributed by atoms with Crippen LogP contribution in [0.25, 0.3) is 0 Å². The number of anilines is 1. The van der Waals surface area contributed by atoms with Crippen molar-refractivity contribution in [3.05, 3.63) is 29.6 Å². The highest BCUT2D eigenvalue weighted by Crippen LogP contribution is 2.32. The van der Waals surface area contributed by atoms with Crippen LogP contribution in [0.15, 0.2) is 18.2 Å². The Morgan fingerprint density at radius 3 is 2.57 bits per heavy atom. The summed E-state index contributed by atoms with van der Waals surface area (Å²) in [5.74, 6) is -1.78. The molecule has 1 fully saturated rings. The standard InChI is InChI=1S/C13H15F4N3O/c14-11-2-1-9(7-10(11)13(15,16)17)19-12(21)8-20-5-3-18-4-6-20/h1-2,7,18H,3-6,8H2,(H,19,21). The van der Waals surface area contributed by atoms with E-state index in [1.807, 2.05) is 4.90 Å². The van der Waals surface area contributed by atoms with Gasteiger partial charge in [0.15, 0.2) is 0 Å². The van der Waals surface area contributed by atoms with Crippen molar-refractivity contribution in [3.8, 4) is 0 Å². The molecule has 1 aliphatic rings. The second-order valence-electron chi connectivity index (χ2n) is 4.77. The van der Waals surface area contributed by atoms with Crippen molar-refractivity contribution < 1.29 is 22.4 Å². The topological polar surface area (TPSA) is 44.4 Å². The Morgan fingerprint density at radius 2 is 1.95 bits per heavy atom. The van der Waals surface area contributed by atoms with Crippen LogP contribution in [0.5, 0.6) is 0 Å². The summed E-state index contributed by atoms with van der Waals surface area (Å²) in [6.45, 7) is 3.03. The number of carbonyl (C=O) groups is 1. The summed E-state index contributed by atoms with van der Waals surface area (Å²) in [7, 11) is 0. The van der Waals surface area contributed by atoms with Gasteiger partial charge in [-0.15, -0.1) is 0 Å². The van der Waals surface area contributed by atoms with Gasteiger partial charge in [-0.25, -0.2) is 4.39 Å². The minimum Gasteiger partial charge on any atom is -0.325 e. The average Bonchev–Trinajstić information content (AvgIpc) is 2.41. The van der Waals surface area contributed by atoms with Crippen LogP contribution in [0, 0.1) is 5.82 Å². The zero-order valence-corrected chi connectivity index (χ0v) is 11.1. The van der Waals surface area contributed by atoms with Gasteiger partial charge in [0.05, 0.1) is 12.1 Å². The maximum absolute atomic E-state index is 13.1. The minimum atomic E-state index is -4.79. The zero-order valence-electron chi connectivity index (χ0n) is 11.1. The SMILES string of the molecule is O=C(CN1CCNCC1)Nc1ccc(F)c(C(F)(F)F)c1. The lowest BCUT2D eigenvalue weighted by Gasteiger charge is -2.26. The Hall–Kier alpha value is -1.67. The molecular weight excluding hydrogens is 290 g/mol. The van der Waals surface area contributed by atoms with Crippen molar-refractivity contribution in [1.29, 1.82) is 0 Å². The van der Waals surface area contributed by atoms with Crippen molar-refractivity contribution in [2.45, 2.75) is 6.18 Å². The van der Waals surface area contributed by atoms with E-state index in [-0.39, 0.29) is 12.2 Å². The van der Waals surface area contributed by atoms with Gasteiger partial charge in [0.2, 0.25) is 5.91 Å². The molecule has 1 amide bonds. The fourth-order valence-corrected chi connectivity index (χ4v) is 2.09. The molecule has 0 unspecified atom stereocenters. The van der Waals surface area contributed by atoms with E-state index in [2.05, 4.69) is 10.6 Å². The fourth-order valence-electron chi connectivity index (χ4n) is 2.09. The Kier molecular flexibility index (Phi) is 4.79. The van der Waals surface area contributed by atoms with E-state index in [1.165, 1.54) is 0 Å². The summed E-state index contributed by atoms with van der Waals surface area (Å²) in [5, 5.41) is 5.49. The number of nitrogens with one attached hydrogen (secondary N) is 2. The van der Waals surface area contributed by atoms with Crippen molar-refractivity contribution in [1.82, 2.24) is 10.2 Å². The maximum Gasteiger partial charge on any atom is 0.419 e. The number of carbonyl (C=O) groups excluding carboxylic acids is 1. The molecule has 0 aromatic heterocycles. The molecule has 0 aliphatic carbocycles. The van der Waals surface area contributed by atoms with E-state index in [1.54, 1.807) is 0 Å². The van der Waals surface area contributed by atoms with Crippen LogP contribution in [0.1, 0.15) is 5.56 Å². The number of halogens is 4. The third-order valence-corrected chi connectivity index (χ3v) is 3.13. The summed E-state index contributed by atoms with van der Waals surface area (Å²) in [6.07, 6.45) is -4.79. The van der Waals surface area contributed by atoms with E-state index in [9.17, 15) is 22.4 Å². The van der Waals surface area contributed by atoms with Gasteiger partial charge in [-0.3, -0.25) is 9.69 Å². The van der Waals surface area contributed by atoms with Gasteiger partial charge >= 0.3 is 6.18 Å². The van der Waals surface area contributed by atoms with Crippen molar-refractivity contribution >= 4 is 11.6 Å².